The van der Waals surface area contributed by atoms with Crippen molar-refractivity contribution < 1.29 is 87.8 Å². The first-order valence-corrected chi connectivity index (χ1v) is 7.18. The van der Waals surface area contributed by atoms with Crippen LogP contribution in [0, 0.1) is 0 Å². The van der Waals surface area contributed by atoms with Crippen molar-refractivity contribution in [2.24, 2.45) is 0 Å². The van der Waals surface area contributed by atoms with Crippen molar-refractivity contribution in [1.82, 2.24) is 9.55 Å². The summed E-state index contributed by atoms with van der Waals surface area (Å²) in [5.41, 5.74) is 4.73. The summed E-state index contributed by atoms with van der Waals surface area (Å²) in [4.78, 5) is 36.1. The van der Waals surface area contributed by atoms with E-state index >= 15 is 0 Å². The molecular formula is C10H12N3Na2O7P. The fourth-order valence-corrected chi connectivity index (χ4v) is 2.19. The van der Waals surface area contributed by atoms with Gasteiger partial charge in [0, 0.05) is 11.8 Å². The van der Waals surface area contributed by atoms with Gasteiger partial charge in [0.05, 0.1) is 14.4 Å². The van der Waals surface area contributed by atoms with Crippen LogP contribution in [0.25, 0.3) is 0 Å². The van der Waals surface area contributed by atoms with Gasteiger partial charge in [0.2, 0.25) is 0 Å². The summed E-state index contributed by atoms with van der Waals surface area (Å²) in [6.45, 7) is 2.89. The summed E-state index contributed by atoms with van der Waals surface area (Å²) in [7, 11) is -5.19. The van der Waals surface area contributed by atoms with E-state index in [9.17, 15) is 24.3 Å². The molecule has 0 aliphatic carbocycles. The van der Waals surface area contributed by atoms with Crippen molar-refractivity contribution in [3.05, 3.63) is 34.9 Å². The van der Waals surface area contributed by atoms with Gasteiger partial charge in [-0.15, -0.1) is 0 Å². The molecule has 0 radical (unpaired) electrons. The predicted molar refractivity (Wildman–Crippen MR) is 65.5 cm³/mol. The van der Waals surface area contributed by atoms with Crippen LogP contribution >= 0.6 is 7.82 Å². The van der Waals surface area contributed by atoms with E-state index in [1.807, 2.05) is 0 Å². The quantitative estimate of drug-likeness (QED) is 0.300. The number of phosphoric acid groups is 1. The third-order valence-electron chi connectivity index (χ3n) is 2.85. The first-order chi connectivity index (χ1) is 9.69. The third kappa shape index (κ3) is 6.03. The summed E-state index contributed by atoms with van der Waals surface area (Å²) >= 11 is 0. The number of aliphatic hydroxyl groups is 1. The van der Waals surface area contributed by atoms with Gasteiger partial charge < -0.3 is 34.5 Å². The molecule has 3 N–H and O–H groups in total. The molecule has 2 rings (SSSR count). The zero-order valence-electron chi connectivity index (χ0n) is 12.6. The third-order valence-corrected chi connectivity index (χ3v) is 3.32. The Bertz CT molecular complexity index is 664. The number of ether oxygens (including phenoxy) is 1. The van der Waals surface area contributed by atoms with E-state index in [1.54, 1.807) is 0 Å². The Morgan fingerprint density at radius 2 is 2.13 bits per heavy atom. The number of phosphoric ester groups is 1. The van der Waals surface area contributed by atoms with Gasteiger partial charge in [-0.2, -0.15) is 4.98 Å². The fraction of sp³-hybridized carbons (Fsp3) is 0.400. The molecule has 13 heteroatoms. The van der Waals surface area contributed by atoms with Crippen LogP contribution in [-0.2, 0) is 13.8 Å². The van der Waals surface area contributed by atoms with Gasteiger partial charge >= 0.3 is 64.8 Å². The van der Waals surface area contributed by atoms with Crippen LogP contribution in [0.2, 0.25) is 0 Å². The number of hydrogen-bond acceptors (Lipinski definition) is 9. The fourth-order valence-electron chi connectivity index (χ4n) is 1.86. The summed E-state index contributed by atoms with van der Waals surface area (Å²) in [5, 5.41) is 9.87. The van der Waals surface area contributed by atoms with Gasteiger partial charge in [-0.05, 0) is 6.07 Å². The van der Waals surface area contributed by atoms with Crippen LogP contribution < -0.4 is 80.3 Å². The maximum absolute atomic E-state index is 11.7. The Labute approximate surface area is 175 Å². The van der Waals surface area contributed by atoms with E-state index in [0.717, 1.165) is 4.57 Å². The van der Waals surface area contributed by atoms with Crippen LogP contribution in [0.15, 0.2) is 29.2 Å². The molecule has 1 saturated heterocycles. The first kappa shape index (κ1) is 23.4. The van der Waals surface area contributed by atoms with Gasteiger partial charge in [0.15, 0.2) is 6.23 Å². The Hall–Kier alpha value is 0.450. The Balaban J connectivity index is 0.00000242. The summed E-state index contributed by atoms with van der Waals surface area (Å²) in [6.07, 6.45) is -2.22. The number of nitrogens with two attached hydrogens (primary N) is 1. The maximum Gasteiger partial charge on any atom is 1.00 e. The molecule has 1 aromatic rings. The zero-order valence-corrected chi connectivity index (χ0v) is 17.5. The SMILES string of the molecule is C=C1[C@H](n2ccc(N)nc2=O)O[C@H](COP(=O)([O-])[O-])[C@H]1O.[Na+].[Na+]. The Morgan fingerprint density at radius 3 is 2.65 bits per heavy atom. The molecule has 0 saturated carbocycles. The molecule has 1 fully saturated rings. The Morgan fingerprint density at radius 1 is 1.52 bits per heavy atom. The van der Waals surface area contributed by atoms with Crippen molar-refractivity contribution in [3.63, 3.8) is 0 Å². The van der Waals surface area contributed by atoms with Crippen LogP contribution in [0.3, 0.4) is 0 Å². The predicted octanol–water partition coefficient (Wildman–Crippen LogP) is -8.51. The molecule has 2 heterocycles. The summed E-state index contributed by atoms with van der Waals surface area (Å²) in [6, 6.07) is 1.34. The minimum absolute atomic E-state index is 0. The Kier molecular flexibility index (Phi) is 9.41. The molecule has 0 spiro atoms. The van der Waals surface area contributed by atoms with Crippen LogP contribution in [0.1, 0.15) is 6.23 Å². The number of nitrogens with zero attached hydrogens (tertiary/aromatic N) is 2. The van der Waals surface area contributed by atoms with Gasteiger partial charge in [-0.3, -0.25) is 4.57 Å². The number of hydrogen-bond donors (Lipinski definition) is 2. The van der Waals surface area contributed by atoms with Crippen molar-refractivity contribution in [2.45, 2.75) is 18.4 Å². The van der Waals surface area contributed by atoms with Crippen molar-refractivity contribution in [3.8, 4) is 0 Å². The van der Waals surface area contributed by atoms with E-state index in [-0.39, 0.29) is 70.5 Å². The van der Waals surface area contributed by atoms with Crippen LogP contribution in [0.4, 0.5) is 5.82 Å². The number of nitrogen functional groups attached to an aromatic ring is 1. The van der Waals surface area contributed by atoms with E-state index in [0.29, 0.717) is 0 Å². The topological polar surface area (TPSA) is 163 Å². The molecule has 1 aliphatic rings. The number of rotatable bonds is 4. The zero-order chi connectivity index (χ0) is 15.8. The molecular weight excluding hydrogens is 351 g/mol. The molecule has 1 aromatic heterocycles. The van der Waals surface area contributed by atoms with Crippen molar-refractivity contribution in [2.75, 3.05) is 12.3 Å². The number of aliphatic hydroxyl groups excluding tert-OH is 1. The monoisotopic (exact) mass is 363 g/mol. The first-order valence-electron chi connectivity index (χ1n) is 5.72. The number of aromatic nitrogens is 2. The molecule has 10 nitrogen and oxygen atoms in total. The van der Waals surface area contributed by atoms with Crippen molar-refractivity contribution >= 4 is 13.6 Å². The normalized spacial score (nSPS) is 24.0. The van der Waals surface area contributed by atoms with Gasteiger partial charge in [0.1, 0.15) is 18.0 Å². The molecule has 116 valence electrons. The van der Waals surface area contributed by atoms with E-state index < -0.39 is 38.6 Å². The summed E-state index contributed by atoms with van der Waals surface area (Å²) in [5.74, 6) is 0.0129. The average Bonchev–Trinajstić information content (AvgIpc) is 2.64. The van der Waals surface area contributed by atoms with Crippen LogP contribution in [-0.4, -0.2) is 33.5 Å². The van der Waals surface area contributed by atoms with E-state index in [1.165, 1.54) is 12.3 Å². The van der Waals surface area contributed by atoms with Gasteiger partial charge in [-0.1, -0.05) is 6.58 Å². The van der Waals surface area contributed by atoms with Gasteiger partial charge in [-0.25, -0.2) is 4.79 Å². The van der Waals surface area contributed by atoms with Crippen LogP contribution in [0.5, 0.6) is 0 Å². The molecule has 23 heavy (non-hydrogen) atoms. The van der Waals surface area contributed by atoms with Gasteiger partial charge in [0.25, 0.3) is 0 Å². The second-order valence-corrected chi connectivity index (χ2v) is 5.48. The number of anilines is 1. The largest absolute Gasteiger partial charge is 1.00 e. The second-order valence-electron chi connectivity index (χ2n) is 4.33. The van der Waals surface area contributed by atoms with E-state index in [4.69, 9.17) is 10.5 Å². The maximum atomic E-state index is 11.7. The molecule has 1 aliphatic heterocycles. The molecule has 0 unspecified atom stereocenters. The standard InChI is InChI=1S/C10H14N3O7P.2Na/c1-5-8(14)6(4-19-21(16,17)18)20-9(5)13-3-2-7(11)12-10(13)15;;/h2-3,6,8-9,14H,1,4H2,(H2,11,12,15)(H2,16,17,18);;/q;2*+1/p-2/t6-,8+,9-;;/m1../s1. The molecule has 0 aromatic carbocycles. The molecule has 3 atom stereocenters. The van der Waals surface area contributed by atoms with E-state index in [2.05, 4.69) is 16.1 Å². The smallest absolute Gasteiger partial charge is 0.790 e. The average molecular weight is 363 g/mol. The molecule has 0 bridgehead atoms. The summed E-state index contributed by atoms with van der Waals surface area (Å²) < 4.78 is 20.8. The second kappa shape index (κ2) is 9.23. The minimum Gasteiger partial charge on any atom is -0.790 e. The minimum atomic E-state index is -5.19. The van der Waals surface area contributed by atoms with Crippen molar-refractivity contribution in [1.29, 1.82) is 0 Å². The molecule has 0 amide bonds.